The van der Waals surface area contributed by atoms with Gasteiger partial charge in [-0.25, -0.2) is 4.39 Å². The predicted molar refractivity (Wildman–Crippen MR) is 115 cm³/mol. The molecule has 0 bridgehead atoms. The van der Waals surface area contributed by atoms with Crippen LogP contribution in [0.5, 0.6) is 0 Å². The van der Waals surface area contributed by atoms with Crippen LogP contribution in [0.4, 0.5) is 10.1 Å². The van der Waals surface area contributed by atoms with Crippen LogP contribution >= 0.6 is 11.6 Å². The van der Waals surface area contributed by atoms with Crippen LogP contribution in [0.2, 0.25) is 5.02 Å². The highest BCUT2D eigenvalue weighted by Crippen LogP contribution is 2.22. The number of carbonyl (C=O) groups is 3. The number of nitrogens with one attached hydrogen (secondary N) is 2. The number of benzene rings is 3. The Hall–Kier alpha value is -3.71. The van der Waals surface area contributed by atoms with E-state index in [1.165, 1.54) is 6.07 Å². The van der Waals surface area contributed by atoms with Crippen molar-refractivity contribution in [1.82, 2.24) is 5.32 Å². The molecule has 31 heavy (non-hydrogen) atoms. The van der Waals surface area contributed by atoms with Crippen molar-refractivity contribution in [3.63, 3.8) is 0 Å². The molecule has 158 valence electrons. The number of ether oxygens (including phenoxy) is 1. The van der Waals surface area contributed by atoms with Gasteiger partial charge >= 0.3 is 5.97 Å². The molecule has 2 N–H and O–H groups in total. The van der Waals surface area contributed by atoms with Crippen LogP contribution in [0.1, 0.15) is 10.4 Å². The van der Waals surface area contributed by atoms with E-state index < -0.39 is 36.8 Å². The van der Waals surface area contributed by atoms with E-state index in [9.17, 15) is 18.8 Å². The van der Waals surface area contributed by atoms with Gasteiger partial charge in [0.1, 0.15) is 12.4 Å². The first-order valence-electron chi connectivity index (χ1n) is 9.26. The summed E-state index contributed by atoms with van der Waals surface area (Å²) in [6.45, 7) is -0.974. The first-order chi connectivity index (χ1) is 14.9. The van der Waals surface area contributed by atoms with Gasteiger partial charge in [-0.2, -0.15) is 0 Å². The molecule has 0 radical (unpaired) electrons. The van der Waals surface area contributed by atoms with Crippen LogP contribution in [0.15, 0.2) is 72.8 Å². The van der Waals surface area contributed by atoms with Gasteiger partial charge in [0.25, 0.3) is 11.8 Å². The second-order valence-corrected chi connectivity index (χ2v) is 6.87. The third kappa shape index (κ3) is 6.38. The van der Waals surface area contributed by atoms with Crippen molar-refractivity contribution in [1.29, 1.82) is 0 Å². The van der Waals surface area contributed by atoms with Crippen molar-refractivity contribution < 1.29 is 23.5 Å². The standard InChI is InChI=1S/C23H18ClFN2O4/c24-19-12-18(25)10-11-20(19)27-21(28)14-31-22(29)13-26-23(30)17-8-6-16(7-9-17)15-4-2-1-3-5-15/h1-12H,13-14H2,(H,26,30)(H,27,28). The van der Waals surface area contributed by atoms with Gasteiger partial charge in [0.15, 0.2) is 6.61 Å². The molecule has 0 aromatic heterocycles. The molecule has 8 heteroatoms. The third-order valence-electron chi connectivity index (χ3n) is 4.22. The molecule has 0 saturated carbocycles. The Labute approximate surface area is 183 Å². The molecule has 0 heterocycles. The molecule has 0 saturated heterocycles. The van der Waals surface area contributed by atoms with Crippen LogP contribution in [0.25, 0.3) is 11.1 Å². The van der Waals surface area contributed by atoms with Gasteiger partial charge in [-0.05, 0) is 41.5 Å². The second kappa shape index (κ2) is 10.4. The molecule has 3 aromatic carbocycles. The van der Waals surface area contributed by atoms with Gasteiger partial charge in [0, 0.05) is 5.56 Å². The Kier molecular flexibility index (Phi) is 7.35. The lowest BCUT2D eigenvalue weighted by atomic mass is 10.0. The summed E-state index contributed by atoms with van der Waals surface area (Å²) in [7, 11) is 0. The molecule has 0 aliphatic rings. The van der Waals surface area contributed by atoms with Gasteiger partial charge in [0.05, 0.1) is 10.7 Å². The van der Waals surface area contributed by atoms with Crippen LogP contribution < -0.4 is 10.6 Å². The number of carbonyl (C=O) groups excluding carboxylic acids is 3. The van der Waals surface area contributed by atoms with E-state index in [0.29, 0.717) is 5.56 Å². The number of amides is 2. The average molecular weight is 441 g/mol. The van der Waals surface area contributed by atoms with Crippen LogP contribution in [0.3, 0.4) is 0 Å². The molecular weight excluding hydrogens is 423 g/mol. The van der Waals surface area contributed by atoms with Gasteiger partial charge < -0.3 is 15.4 Å². The summed E-state index contributed by atoms with van der Waals surface area (Å²) < 4.78 is 17.8. The van der Waals surface area contributed by atoms with Gasteiger partial charge in [-0.15, -0.1) is 0 Å². The van der Waals surface area contributed by atoms with E-state index in [1.54, 1.807) is 12.1 Å². The van der Waals surface area contributed by atoms with E-state index in [0.717, 1.165) is 23.3 Å². The van der Waals surface area contributed by atoms with Crippen molar-refractivity contribution in [3.05, 3.63) is 89.2 Å². The number of esters is 1. The summed E-state index contributed by atoms with van der Waals surface area (Å²) in [5.41, 5.74) is 2.56. The predicted octanol–water partition coefficient (Wildman–Crippen LogP) is 4.06. The molecule has 0 unspecified atom stereocenters. The van der Waals surface area contributed by atoms with Gasteiger partial charge in [-0.3, -0.25) is 14.4 Å². The average Bonchev–Trinajstić information content (AvgIpc) is 2.78. The Morgan fingerprint density at radius 3 is 2.26 bits per heavy atom. The zero-order valence-electron chi connectivity index (χ0n) is 16.2. The lowest BCUT2D eigenvalue weighted by Crippen LogP contribution is -2.32. The molecular formula is C23H18ClFN2O4. The topological polar surface area (TPSA) is 84.5 Å². The van der Waals surface area contributed by atoms with E-state index in [-0.39, 0.29) is 10.7 Å². The van der Waals surface area contributed by atoms with Crippen molar-refractivity contribution >= 4 is 35.1 Å². The molecule has 3 aromatic rings. The normalized spacial score (nSPS) is 10.3. The number of hydrogen-bond donors (Lipinski definition) is 2. The molecule has 0 aliphatic carbocycles. The van der Waals surface area contributed by atoms with Gasteiger partial charge in [-0.1, -0.05) is 54.1 Å². The van der Waals surface area contributed by atoms with E-state index in [1.807, 2.05) is 42.5 Å². The van der Waals surface area contributed by atoms with E-state index in [4.69, 9.17) is 16.3 Å². The summed E-state index contributed by atoms with van der Waals surface area (Å²) in [4.78, 5) is 35.8. The molecule has 0 aliphatic heterocycles. The summed E-state index contributed by atoms with van der Waals surface area (Å²) >= 11 is 5.81. The molecule has 6 nitrogen and oxygen atoms in total. The molecule has 2 amide bonds. The van der Waals surface area contributed by atoms with E-state index >= 15 is 0 Å². The summed E-state index contributed by atoms with van der Waals surface area (Å²) in [5, 5.41) is 4.86. The fourth-order valence-corrected chi connectivity index (χ4v) is 2.89. The lowest BCUT2D eigenvalue weighted by molar-refractivity contribution is -0.146. The first kappa shape index (κ1) is 22.0. The van der Waals surface area contributed by atoms with Gasteiger partial charge in [0.2, 0.25) is 0 Å². The molecule has 3 rings (SSSR count). The lowest BCUT2D eigenvalue weighted by Gasteiger charge is -2.09. The minimum atomic E-state index is -0.783. The van der Waals surface area contributed by atoms with Crippen molar-refractivity contribution in [2.45, 2.75) is 0 Å². The van der Waals surface area contributed by atoms with Crippen molar-refractivity contribution in [3.8, 4) is 11.1 Å². The fourth-order valence-electron chi connectivity index (χ4n) is 2.67. The van der Waals surface area contributed by atoms with E-state index in [2.05, 4.69) is 10.6 Å². The maximum atomic E-state index is 13.0. The van der Waals surface area contributed by atoms with Crippen molar-refractivity contribution in [2.75, 3.05) is 18.5 Å². The highest BCUT2D eigenvalue weighted by molar-refractivity contribution is 6.33. The maximum Gasteiger partial charge on any atom is 0.325 e. The minimum absolute atomic E-state index is 0.0187. The fraction of sp³-hybridized carbons (Fsp3) is 0.0870. The maximum absolute atomic E-state index is 13.0. The SMILES string of the molecule is O=C(COC(=O)CNC(=O)c1ccc(-c2ccccc2)cc1)Nc1ccc(F)cc1Cl. The van der Waals surface area contributed by atoms with Crippen molar-refractivity contribution in [2.24, 2.45) is 0 Å². The summed E-state index contributed by atoms with van der Waals surface area (Å²) in [6, 6.07) is 20.1. The summed E-state index contributed by atoms with van der Waals surface area (Å²) in [5.74, 6) is -2.42. The number of hydrogen-bond acceptors (Lipinski definition) is 4. The highest BCUT2D eigenvalue weighted by atomic mass is 35.5. The molecule has 0 spiro atoms. The molecule has 0 fully saturated rings. The zero-order chi connectivity index (χ0) is 22.2. The number of anilines is 1. The Morgan fingerprint density at radius 2 is 1.58 bits per heavy atom. The smallest absolute Gasteiger partial charge is 0.325 e. The van der Waals surface area contributed by atoms with Crippen LogP contribution in [0, 0.1) is 5.82 Å². The first-order valence-corrected chi connectivity index (χ1v) is 9.64. The Balaban J connectivity index is 1.43. The Bertz CT molecular complexity index is 1090. The summed E-state index contributed by atoms with van der Waals surface area (Å²) in [6.07, 6.45) is 0. The minimum Gasteiger partial charge on any atom is -0.454 e. The highest BCUT2D eigenvalue weighted by Gasteiger charge is 2.12. The Morgan fingerprint density at radius 1 is 0.903 bits per heavy atom. The van der Waals surface area contributed by atoms with Crippen LogP contribution in [-0.4, -0.2) is 30.9 Å². The largest absolute Gasteiger partial charge is 0.454 e. The zero-order valence-corrected chi connectivity index (χ0v) is 17.0. The second-order valence-electron chi connectivity index (χ2n) is 6.46. The number of halogens is 2. The van der Waals surface area contributed by atoms with Crippen LogP contribution in [-0.2, 0) is 14.3 Å². The number of rotatable bonds is 7. The molecule has 0 atom stereocenters. The third-order valence-corrected chi connectivity index (χ3v) is 4.53. The quantitative estimate of drug-likeness (QED) is 0.543. The monoisotopic (exact) mass is 440 g/mol.